The molecular weight excluding hydrogens is 476 g/mol. The van der Waals surface area contributed by atoms with Gasteiger partial charge in [-0.1, -0.05) is 6.07 Å². The van der Waals surface area contributed by atoms with E-state index < -0.39 is 0 Å². The fourth-order valence-electron chi connectivity index (χ4n) is 3.97. The molecule has 2 amide bonds. The molecule has 0 unspecified atom stereocenters. The number of ether oxygens (including phenoxy) is 5. The Hall–Kier alpha value is -4.40. The molecule has 0 bridgehead atoms. The predicted molar refractivity (Wildman–Crippen MR) is 139 cm³/mol. The molecule has 1 heterocycles. The highest BCUT2D eigenvalue weighted by atomic mass is 16.5. The predicted octanol–water partition coefficient (Wildman–Crippen LogP) is 4.09. The summed E-state index contributed by atoms with van der Waals surface area (Å²) in [6, 6.07) is 18.1. The molecule has 0 radical (unpaired) electrons. The number of benzene rings is 3. The highest BCUT2D eigenvalue weighted by Crippen LogP contribution is 2.35. The van der Waals surface area contributed by atoms with E-state index >= 15 is 0 Å². The first-order chi connectivity index (χ1) is 18.0. The third-order valence-electron chi connectivity index (χ3n) is 5.92. The number of carbonyl (C=O) groups is 2. The summed E-state index contributed by atoms with van der Waals surface area (Å²) in [6.45, 7) is 0.573. The van der Waals surface area contributed by atoms with Gasteiger partial charge in [0.05, 0.1) is 33.6 Å². The quantitative estimate of drug-likeness (QED) is 0.419. The SMILES string of the molecule is COc1ccc(OCCN2C(=O)COc3ccc(NC(=O)CCc4ccc(OC)c(OC)c4)cc32)cc1. The number of methoxy groups -OCH3 is 3. The van der Waals surface area contributed by atoms with Crippen LogP contribution in [-0.2, 0) is 16.0 Å². The zero-order valence-electron chi connectivity index (χ0n) is 21.1. The Kier molecular flexibility index (Phi) is 8.35. The maximum absolute atomic E-state index is 12.6. The van der Waals surface area contributed by atoms with E-state index in [0.717, 1.165) is 11.3 Å². The second kappa shape index (κ2) is 12.0. The van der Waals surface area contributed by atoms with Crippen LogP contribution in [-0.4, -0.2) is 52.9 Å². The molecule has 0 saturated carbocycles. The summed E-state index contributed by atoms with van der Waals surface area (Å²) in [7, 11) is 4.76. The van der Waals surface area contributed by atoms with Crippen molar-refractivity contribution >= 4 is 23.2 Å². The molecule has 0 fully saturated rings. The number of rotatable bonds is 11. The molecule has 9 nitrogen and oxygen atoms in total. The van der Waals surface area contributed by atoms with Crippen LogP contribution in [0.2, 0.25) is 0 Å². The van der Waals surface area contributed by atoms with Crippen LogP contribution in [0.4, 0.5) is 11.4 Å². The average Bonchev–Trinajstić information content (AvgIpc) is 2.93. The van der Waals surface area contributed by atoms with Gasteiger partial charge in [-0.25, -0.2) is 0 Å². The van der Waals surface area contributed by atoms with Gasteiger partial charge < -0.3 is 33.9 Å². The number of anilines is 2. The van der Waals surface area contributed by atoms with Crippen LogP contribution >= 0.6 is 0 Å². The van der Waals surface area contributed by atoms with E-state index in [1.54, 1.807) is 44.4 Å². The third-order valence-corrected chi connectivity index (χ3v) is 5.92. The summed E-state index contributed by atoms with van der Waals surface area (Å²) in [5.74, 6) is 2.93. The number of hydrogen-bond acceptors (Lipinski definition) is 7. The maximum Gasteiger partial charge on any atom is 0.265 e. The fraction of sp³-hybridized carbons (Fsp3) is 0.286. The van der Waals surface area contributed by atoms with Gasteiger partial charge >= 0.3 is 0 Å². The summed E-state index contributed by atoms with van der Waals surface area (Å²) < 4.78 is 27.1. The highest BCUT2D eigenvalue weighted by Gasteiger charge is 2.26. The lowest BCUT2D eigenvalue weighted by molar-refractivity contribution is -0.121. The van der Waals surface area contributed by atoms with E-state index in [4.69, 9.17) is 23.7 Å². The number of hydrogen-bond donors (Lipinski definition) is 1. The molecule has 0 aromatic heterocycles. The zero-order chi connectivity index (χ0) is 26.2. The second-order valence-electron chi connectivity index (χ2n) is 8.28. The lowest BCUT2D eigenvalue weighted by Gasteiger charge is -2.29. The monoisotopic (exact) mass is 506 g/mol. The largest absolute Gasteiger partial charge is 0.497 e. The first-order valence-electron chi connectivity index (χ1n) is 11.9. The summed E-state index contributed by atoms with van der Waals surface area (Å²) >= 11 is 0. The van der Waals surface area contributed by atoms with E-state index in [1.807, 2.05) is 42.5 Å². The van der Waals surface area contributed by atoms with Crippen LogP contribution in [0.3, 0.4) is 0 Å². The number of nitrogens with one attached hydrogen (secondary N) is 1. The van der Waals surface area contributed by atoms with Gasteiger partial charge in [0, 0.05) is 12.1 Å². The number of nitrogens with zero attached hydrogens (tertiary/aromatic N) is 1. The molecule has 0 saturated heterocycles. The molecule has 9 heteroatoms. The van der Waals surface area contributed by atoms with Crippen LogP contribution in [0, 0.1) is 0 Å². The minimum absolute atomic E-state index is 0.0490. The van der Waals surface area contributed by atoms with Crippen LogP contribution < -0.4 is 33.9 Å². The maximum atomic E-state index is 12.6. The van der Waals surface area contributed by atoms with E-state index in [0.29, 0.717) is 53.9 Å². The van der Waals surface area contributed by atoms with Gasteiger partial charge in [0.2, 0.25) is 5.91 Å². The van der Waals surface area contributed by atoms with E-state index in [2.05, 4.69) is 5.32 Å². The Bertz CT molecular complexity index is 1240. The number of amides is 2. The van der Waals surface area contributed by atoms with Crippen molar-refractivity contribution in [2.45, 2.75) is 12.8 Å². The van der Waals surface area contributed by atoms with Gasteiger partial charge in [0.25, 0.3) is 5.91 Å². The molecule has 4 rings (SSSR count). The minimum atomic E-state index is -0.178. The first-order valence-corrected chi connectivity index (χ1v) is 11.9. The van der Waals surface area contributed by atoms with Crippen molar-refractivity contribution in [3.63, 3.8) is 0 Å². The number of carbonyl (C=O) groups excluding carboxylic acids is 2. The summed E-state index contributed by atoms with van der Waals surface area (Å²) in [4.78, 5) is 26.9. The van der Waals surface area contributed by atoms with Gasteiger partial charge in [-0.05, 0) is 66.6 Å². The molecular formula is C28H30N2O7. The van der Waals surface area contributed by atoms with Crippen LogP contribution in [0.15, 0.2) is 60.7 Å². The van der Waals surface area contributed by atoms with Crippen molar-refractivity contribution in [1.82, 2.24) is 0 Å². The zero-order valence-corrected chi connectivity index (χ0v) is 21.1. The van der Waals surface area contributed by atoms with Crippen LogP contribution in [0.25, 0.3) is 0 Å². The normalized spacial score (nSPS) is 12.3. The van der Waals surface area contributed by atoms with E-state index in [-0.39, 0.29) is 24.8 Å². The van der Waals surface area contributed by atoms with Gasteiger partial charge in [-0.3, -0.25) is 9.59 Å². The Morgan fingerprint density at radius 1 is 0.919 bits per heavy atom. The fourth-order valence-corrected chi connectivity index (χ4v) is 3.97. The molecule has 0 aliphatic carbocycles. The van der Waals surface area contributed by atoms with Gasteiger partial charge in [-0.2, -0.15) is 0 Å². The first kappa shape index (κ1) is 25.7. The average molecular weight is 507 g/mol. The Morgan fingerprint density at radius 2 is 1.68 bits per heavy atom. The van der Waals surface area contributed by atoms with Crippen molar-refractivity contribution in [3.8, 4) is 28.7 Å². The molecule has 3 aromatic rings. The molecule has 1 N–H and O–H groups in total. The molecule has 0 atom stereocenters. The van der Waals surface area contributed by atoms with Crippen molar-refractivity contribution in [2.75, 3.05) is 51.3 Å². The Labute approximate surface area is 215 Å². The lowest BCUT2D eigenvalue weighted by Crippen LogP contribution is -2.41. The standard InChI is InChI=1S/C28H30N2O7/c1-33-21-7-9-22(10-8-21)36-15-14-30-23-17-20(6-12-24(23)37-18-28(30)32)29-27(31)13-5-19-4-11-25(34-2)26(16-19)35-3/h4,6-12,16-17H,5,13-15,18H2,1-3H3,(H,29,31). The summed E-state index contributed by atoms with van der Waals surface area (Å²) in [5, 5.41) is 2.91. The third kappa shape index (κ3) is 6.43. The molecule has 3 aromatic carbocycles. The van der Waals surface area contributed by atoms with Crippen molar-refractivity contribution in [1.29, 1.82) is 0 Å². The molecule has 1 aliphatic rings. The van der Waals surface area contributed by atoms with Gasteiger partial charge in [-0.15, -0.1) is 0 Å². The Balaban J connectivity index is 1.36. The number of aryl methyl sites for hydroxylation is 1. The minimum Gasteiger partial charge on any atom is -0.497 e. The van der Waals surface area contributed by atoms with Crippen LogP contribution in [0.1, 0.15) is 12.0 Å². The molecule has 37 heavy (non-hydrogen) atoms. The van der Waals surface area contributed by atoms with Crippen LogP contribution in [0.5, 0.6) is 28.7 Å². The molecule has 1 aliphatic heterocycles. The second-order valence-corrected chi connectivity index (χ2v) is 8.28. The van der Waals surface area contributed by atoms with Crippen molar-refractivity contribution in [3.05, 3.63) is 66.2 Å². The van der Waals surface area contributed by atoms with Gasteiger partial charge in [0.15, 0.2) is 18.1 Å². The topological polar surface area (TPSA) is 95.6 Å². The smallest absolute Gasteiger partial charge is 0.265 e. The number of fused-ring (bicyclic) bond motifs is 1. The van der Waals surface area contributed by atoms with Crippen molar-refractivity contribution in [2.24, 2.45) is 0 Å². The Morgan fingerprint density at radius 3 is 2.41 bits per heavy atom. The molecule has 194 valence electrons. The van der Waals surface area contributed by atoms with Crippen molar-refractivity contribution < 1.29 is 33.3 Å². The van der Waals surface area contributed by atoms with E-state index in [1.165, 1.54) is 0 Å². The highest BCUT2D eigenvalue weighted by molar-refractivity contribution is 5.99. The van der Waals surface area contributed by atoms with Gasteiger partial charge in [0.1, 0.15) is 23.9 Å². The summed E-state index contributed by atoms with van der Waals surface area (Å²) in [5.41, 5.74) is 2.13. The van der Waals surface area contributed by atoms with E-state index in [9.17, 15) is 9.59 Å². The molecule has 0 spiro atoms. The summed E-state index contributed by atoms with van der Waals surface area (Å²) in [6.07, 6.45) is 0.814. The lowest BCUT2D eigenvalue weighted by atomic mass is 10.1.